The van der Waals surface area contributed by atoms with Gasteiger partial charge >= 0.3 is 0 Å². The molecule has 0 saturated heterocycles. The van der Waals surface area contributed by atoms with Gasteiger partial charge in [-0.3, -0.25) is 0 Å². The monoisotopic (exact) mass is 275 g/mol. The molecule has 2 N–H and O–H groups in total. The molecule has 0 spiro atoms. The van der Waals surface area contributed by atoms with E-state index in [9.17, 15) is 0 Å². The number of aryl methyl sites for hydroxylation is 3. The van der Waals surface area contributed by atoms with E-state index in [4.69, 9.17) is 4.52 Å². The Hall–Kier alpha value is -2.11. The second kappa shape index (κ2) is 5.90. The highest BCUT2D eigenvalue weighted by molar-refractivity contribution is 5.49. The Morgan fingerprint density at radius 2 is 1.95 bits per heavy atom. The summed E-state index contributed by atoms with van der Waals surface area (Å²) < 4.78 is 5.21. The van der Waals surface area contributed by atoms with Gasteiger partial charge in [0.15, 0.2) is 0 Å². The van der Waals surface area contributed by atoms with Crippen molar-refractivity contribution in [3.63, 3.8) is 0 Å². The Morgan fingerprint density at radius 1 is 1.25 bits per heavy atom. The third kappa shape index (κ3) is 2.89. The second-order valence-corrected chi connectivity index (χ2v) is 4.76. The highest BCUT2D eigenvalue weighted by Crippen LogP contribution is 2.25. The molecule has 0 amide bonds. The third-order valence-corrected chi connectivity index (χ3v) is 3.23. The van der Waals surface area contributed by atoms with E-state index < -0.39 is 0 Å². The van der Waals surface area contributed by atoms with E-state index in [1.165, 1.54) is 0 Å². The van der Waals surface area contributed by atoms with Crippen molar-refractivity contribution in [3.05, 3.63) is 28.9 Å². The largest absolute Gasteiger partial charge is 0.373 e. The number of aromatic nitrogens is 3. The summed E-state index contributed by atoms with van der Waals surface area (Å²) >= 11 is 0. The minimum absolute atomic E-state index is 0.0746. The molecule has 0 fully saturated rings. The first kappa shape index (κ1) is 14.3. The van der Waals surface area contributed by atoms with Crippen molar-refractivity contribution in [2.45, 2.75) is 40.2 Å². The molecule has 0 aliphatic heterocycles. The van der Waals surface area contributed by atoms with Gasteiger partial charge in [-0.1, -0.05) is 12.1 Å². The standard InChI is InChI=1S/C14H21N5O/c1-6-11-17-12(15-5)7-13(18-11)16-8(2)14-9(3)19-20-10(14)4/h7-8H,6H2,1-5H3,(H2,15,16,17,18). The lowest BCUT2D eigenvalue weighted by atomic mass is 10.1. The van der Waals surface area contributed by atoms with Gasteiger partial charge < -0.3 is 15.2 Å². The van der Waals surface area contributed by atoms with E-state index in [2.05, 4.69) is 32.7 Å². The van der Waals surface area contributed by atoms with Crippen LogP contribution in [-0.2, 0) is 6.42 Å². The first-order valence-corrected chi connectivity index (χ1v) is 6.80. The molecule has 1 atom stereocenters. The van der Waals surface area contributed by atoms with Crippen molar-refractivity contribution in [2.75, 3.05) is 17.7 Å². The lowest BCUT2D eigenvalue weighted by Crippen LogP contribution is -2.11. The highest BCUT2D eigenvalue weighted by atomic mass is 16.5. The molecule has 0 radical (unpaired) electrons. The van der Waals surface area contributed by atoms with Gasteiger partial charge in [-0.05, 0) is 20.8 Å². The van der Waals surface area contributed by atoms with Crippen LogP contribution in [0.25, 0.3) is 0 Å². The topological polar surface area (TPSA) is 75.9 Å². The third-order valence-electron chi connectivity index (χ3n) is 3.23. The summed E-state index contributed by atoms with van der Waals surface area (Å²) in [5.74, 6) is 3.26. The summed E-state index contributed by atoms with van der Waals surface area (Å²) in [6, 6.07) is 1.97. The molecule has 2 aromatic heterocycles. The van der Waals surface area contributed by atoms with E-state index in [-0.39, 0.29) is 6.04 Å². The van der Waals surface area contributed by atoms with Gasteiger partial charge in [-0.15, -0.1) is 0 Å². The maximum atomic E-state index is 5.21. The van der Waals surface area contributed by atoms with Crippen LogP contribution in [0.2, 0.25) is 0 Å². The number of hydrogen-bond donors (Lipinski definition) is 2. The highest BCUT2D eigenvalue weighted by Gasteiger charge is 2.17. The summed E-state index contributed by atoms with van der Waals surface area (Å²) in [6.45, 7) is 7.97. The molecule has 108 valence electrons. The average Bonchev–Trinajstić information content (AvgIpc) is 2.77. The fourth-order valence-electron chi connectivity index (χ4n) is 2.26. The van der Waals surface area contributed by atoms with Crippen LogP contribution in [0.15, 0.2) is 10.6 Å². The van der Waals surface area contributed by atoms with Crippen LogP contribution in [0.4, 0.5) is 11.6 Å². The maximum absolute atomic E-state index is 5.21. The Kier molecular flexibility index (Phi) is 4.22. The Balaban J connectivity index is 2.25. The van der Waals surface area contributed by atoms with Gasteiger partial charge in [-0.25, -0.2) is 9.97 Å². The Bertz CT molecular complexity index is 551. The van der Waals surface area contributed by atoms with Crippen LogP contribution in [0.3, 0.4) is 0 Å². The molecule has 0 aliphatic rings. The SMILES string of the molecule is CCc1nc(NC)cc(NC(C)c2c(C)noc2C)n1. The van der Waals surface area contributed by atoms with E-state index in [0.29, 0.717) is 0 Å². The lowest BCUT2D eigenvalue weighted by Gasteiger charge is -2.15. The molecular formula is C14H21N5O. The van der Waals surface area contributed by atoms with Gasteiger partial charge in [0.1, 0.15) is 23.2 Å². The normalized spacial score (nSPS) is 12.2. The van der Waals surface area contributed by atoms with E-state index >= 15 is 0 Å². The quantitative estimate of drug-likeness (QED) is 0.874. The summed E-state index contributed by atoms with van der Waals surface area (Å²) in [5, 5.41) is 10.4. The van der Waals surface area contributed by atoms with Crippen molar-refractivity contribution in [3.8, 4) is 0 Å². The van der Waals surface area contributed by atoms with Crippen LogP contribution < -0.4 is 10.6 Å². The van der Waals surface area contributed by atoms with Crippen LogP contribution >= 0.6 is 0 Å². The Labute approximate surface area is 119 Å². The van der Waals surface area contributed by atoms with Crippen molar-refractivity contribution < 1.29 is 4.52 Å². The predicted molar refractivity (Wildman–Crippen MR) is 79.0 cm³/mol. The number of anilines is 2. The summed E-state index contributed by atoms with van der Waals surface area (Å²) in [6.07, 6.45) is 0.796. The zero-order valence-electron chi connectivity index (χ0n) is 12.6. The molecule has 0 aliphatic carbocycles. The first-order chi connectivity index (χ1) is 9.55. The number of hydrogen-bond acceptors (Lipinski definition) is 6. The number of rotatable bonds is 5. The average molecular weight is 275 g/mol. The van der Waals surface area contributed by atoms with Gasteiger partial charge in [0, 0.05) is 25.1 Å². The van der Waals surface area contributed by atoms with E-state index in [1.807, 2.05) is 33.9 Å². The molecule has 6 nitrogen and oxygen atoms in total. The molecule has 0 aromatic carbocycles. The van der Waals surface area contributed by atoms with Gasteiger partial charge in [0.2, 0.25) is 0 Å². The molecule has 0 saturated carbocycles. The van der Waals surface area contributed by atoms with Crippen LogP contribution in [0.5, 0.6) is 0 Å². The number of nitrogens with one attached hydrogen (secondary N) is 2. The van der Waals surface area contributed by atoms with Crippen molar-refractivity contribution in [1.82, 2.24) is 15.1 Å². The first-order valence-electron chi connectivity index (χ1n) is 6.80. The second-order valence-electron chi connectivity index (χ2n) is 4.76. The predicted octanol–water partition coefficient (Wildman–Crippen LogP) is 2.86. The fraction of sp³-hybridized carbons (Fsp3) is 0.500. The molecule has 1 unspecified atom stereocenters. The molecule has 2 heterocycles. The molecule has 20 heavy (non-hydrogen) atoms. The van der Waals surface area contributed by atoms with E-state index in [0.717, 1.165) is 40.9 Å². The molecular weight excluding hydrogens is 254 g/mol. The lowest BCUT2D eigenvalue weighted by molar-refractivity contribution is 0.392. The van der Waals surface area contributed by atoms with Crippen molar-refractivity contribution in [1.29, 1.82) is 0 Å². The van der Waals surface area contributed by atoms with Crippen LogP contribution in [0, 0.1) is 13.8 Å². The fourth-order valence-corrected chi connectivity index (χ4v) is 2.26. The minimum Gasteiger partial charge on any atom is -0.373 e. The van der Waals surface area contributed by atoms with Gasteiger partial charge in [-0.2, -0.15) is 0 Å². The maximum Gasteiger partial charge on any atom is 0.139 e. The van der Waals surface area contributed by atoms with Crippen LogP contribution in [-0.4, -0.2) is 22.2 Å². The zero-order chi connectivity index (χ0) is 14.7. The summed E-state index contributed by atoms with van der Waals surface area (Å²) in [5.41, 5.74) is 1.98. The zero-order valence-corrected chi connectivity index (χ0v) is 12.6. The Morgan fingerprint density at radius 3 is 2.50 bits per heavy atom. The summed E-state index contributed by atoms with van der Waals surface area (Å²) in [7, 11) is 1.85. The number of nitrogens with zero attached hydrogens (tertiary/aromatic N) is 3. The van der Waals surface area contributed by atoms with Crippen molar-refractivity contribution in [2.24, 2.45) is 0 Å². The smallest absolute Gasteiger partial charge is 0.139 e. The molecule has 6 heteroatoms. The van der Waals surface area contributed by atoms with Gasteiger partial charge in [0.25, 0.3) is 0 Å². The van der Waals surface area contributed by atoms with Crippen molar-refractivity contribution >= 4 is 11.6 Å². The minimum atomic E-state index is 0.0746. The van der Waals surface area contributed by atoms with E-state index in [1.54, 1.807) is 0 Å². The van der Waals surface area contributed by atoms with Gasteiger partial charge in [0.05, 0.1) is 11.7 Å². The molecule has 0 bridgehead atoms. The summed E-state index contributed by atoms with van der Waals surface area (Å²) in [4.78, 5) is 8.88. The molecule has 2 rings (SSSR count). The molecule has 2 aromatic rings. The van der Waals surface area contributed by atoms with Crippen LogP contribution in [0.1, 0.15) is 42.7 Å².